The quantitative estimate of drug-likeness (QED) is 0.863. The van der Waals surface area contributed by atoms with Gasteiger partial charge in [0.2, 0.25) is 0 Å². The van der Waals surface area contributed by atoms with Crippen LogP contribution in [0.5, 0.6) is 0 Å². The van der Waals surface area contributed by atoms with Gasteiger partial charge in [0.1, 0.15) is 5.82 Å². The molecule has 0 aliphatic rings. The average molecular weight is 337 g/mol. The summed E-state index contributed by atoms with van der Waals surface area (Å²) >= 11 is 3.52. The maximum atomic E-state index is 13.3. The highest BCUT2D eigenvalue weighted by Gasteiger charge is 2.13. The van der Waals surface area contributed by atoms with Crippen LogP contribution in [0.3, 0.4) is 0 Å². The number of aliphatic hydroxyl groups excluding tert-OH is 1. The van der Waals surface area contributed by atoms with Crippen LogP contribution in [0.25, 0.3) is 0 Å². The van der Waals surface area contributed by atoms with Crippen molar-refractivity contribution in [2.24, 2.45) is 5.92 Å². The van der Waals surface area contributed by atoms with Gasteiger partial charge in [-0.05, 0) is 60.6 Å². The topological polar surface area (TPSA) is 20.2 Å². The Kier molecular flexibility index (Phi) is 5.32. The molecular formula is C17H18BrFO. The van der Waals surface area contributed by atoms with Crippen LogP contribution in [-0.2, 0) is 12.8 Å². The van der Waals surface area contributed by atoms with E-state index in [4.69, 9.17) is 0 Å². The number of aryl methyl sites for hydroxylation is 1. The summed E-state index contributed by atoms with van der Waals surface area (Å²) in [6, 6.07) is 12.8. The van der Waals surface area contributed by atoms with Crippen molar-refractivity contribution in [3.8, 4) is 0 Å². The molecule has 0 aliphatic carbocycles. The molecule has 0 aliphatic heterocycles. The minimum absolute atomic E-state index is 0.0919. The number of benzene rings is 2. The van der Waals surface area contributed by atoms with E-state index < -0.39 is 0 Å². The van der Waals surface area contributed by atoms with E-state index in [2.05, 4.69) is 15.9 Å². The van der Waals surface area contributed by atoms with Crippen LogP contribution in [0, 0.1) is 18.7 Å². The van der Waals surface area contributed by atoms with Crippen molar-refractivity contribution >= 4 is 15.9 Å². The number of hydrogen-bond acceptors (Lipinski definition) is 1. The van der Waals surface area contributed by atoms with Crippen LogP contribution in [0.4, 0.5) is 4.39 Å². The molecule has 2 aromatic carbocycles. The van der Waals surface area contributed by atoms with Crippen LogP contribution in [0.1, 0.15) is 16.7 Å². The van der Waals surface area contributed by atoms with Crippen molar-refractivity contribution in [3.05, 3.63) is 69.4 Å². The van der Waals surface area contributed by atoms with Crippen LogP contribution in [-0.4, -0.2) is 11.7 Å². The van der Waals surface area contributed by atoms with Gasteiger partial charge in [-0.25, -0.2) is 4.39 Å². The monoisotopic (exact) mass is 336 g/mol. The molecule has 0 heterocycles. The van der Waals surface area contributed by atoms with Crippen molar-refractivity contribution in [1.29, 1.82) is 0 Å². The molecule has 0 aromatic heterocycles. The van der Waals surface area contributed by atoms with Gasteiger partial charge in [-0.2, -0.15) is 0 Å². The third kappa shape index (κ3) is 3.90. The second-order valence-electron chi connectivity index (χ2n) is 5.12. The Hall–Kier alpha value is -1.19. The van der Waals surface area contributed by atoms with Gasteiger partial charge in [0.15, 0.2) is 0 Å². The largest absolute Gasteiger partial charge is 0.396 e. The van der Waals surface area contributed by atoms with Crippen molar-refractivity contribution in [3.63, 3.8) is 0 Å². The first-order chi connectivity index (χ1) is 9.60. The molecule has 0 fully saturated rings. The van der Waals surface area contributed by atoms with E-state index in [9.17, 15) is 9.50 Å². The number of rotatable bonds is 5. The van der Waals surface area contributed by atoms with Gasteiger partial charge in [0.05, 0.1) is 0 Å². The molecule has 0 saturated heterocycles. The Labute approximate surface area is 127 Å². The van der Waals surface area contributed by atoms with E-state index in [0.29, 0.717) is 6.42 Å². The summed E-state index contributed by atoms with van der Waals surface area (Å²) < 4.78 is 14.4. The summed E-state index contributed by atoms with van der Waals surface area (Å²) in [6.45, 7) is 2.07. The fourth-order valence-electron chi connectivity index (χ4n) is 2.35. The van der Waals surface area contributed by atoms with Gasteiger partial charge in [-0.3, -0.25) is 0 Å². The molecule has 0 amide bonds. The molecular weight excluding hydrogens is 319 g/mol. The molecule has 20 heavy (non-hydrogen) atoms. The molecule has 0 saturated carbocycles. The molecule has 1 atom stereocenters. The fourth-order valence-corrected chi connectivity index (χ4v) is 2.79. The molecule has 0 spiro atoms. The number of aliphatic hydroxyl groups is 1. The van der Waals surface area contributed by atoms with Gasteiger partial charge in [0.25, 0.3) is 0 Å². The zero-order chi connectivity index (χ0) is 14.5. The fraction of sp³-hybridized carbons (Fsp3) is 0.294. The molecule has 2 aromatic rings. The molecule has 3 heteroatoms. The number of hydrogen-bond donors (Lipinski definition) is 1. The summed E-state index contributed by atoms with van der Waals surface area (Å²) in [4.78, 5) is 0. The van der Waals surface area contributed by atoms with E-state index in [0.717, 1.165) is 22.0 Å². The van der Waals surface area contributed by atoms with E-state index in [-0.39, 0.29) is 18.3 Å². The third-order valence-electron chi connectivity index (χ3n) is 3.54. The van der Waals surface area contributed by atoms with Crippen molar-refractivity contribution in [1.82, 2.24) is 0 Å². The molecule has 1 nitrogen and oxygen atoms in total. The molecule has 1 N–H and O–H groups in total. The lowest BCUT2D eigenvalue weighted by molar-refractivity contribution is 0.224. The lowest BCUT2D eigenvalue weighted by Crippen LogP contribution is -2.14. The van der Waals surface area contributed by atoms with Crippen molar-refractivity contribution in [2.45, 2.75) is 19.8 Å². The molecule has 0 radical (unpaired) electrons. The van der Waals surface area contributed by atoms with Crippen LogP contribution >= 0.6 is 15.9 Å². The van der Waals surface area contributed by atoms with Crippen LogP contribution in [0.2, 0.25) is 0 Å². The lowest BCUT2D eigenvalue weighted by Gasteiger charge is -2.16. The molecule has 0 bridgehead atoms. The summed E-state index contributed by atoms with van der Waals surface area (Å²) in [5.41, 5.74) is 3.20. The first kappa shape index (κ1) is 15.2. The smallest absolute Gasteiger partial charge is 0.123 e. The minimum Gasteiger partial charge on any atom is -0.396 e. The van der Waals surface area contributed by atoms with Gasteiger partial charge >= 0.3 is 0 Å². The Morgan fingerprint density at radius 3 is 2.50 bits per heavy atom. The summed E-state index contributed by atoms with van der Waals surface area (Å²) in [5.74, 6) is -0.127. The van der Waals surface area contributed by atoms with Gasteiger partial charge in [-0.15, -0.1) is 0 Å². The first-order valence-electron chi connectivity index (χ1n) is 6.69. The standard InChI is InChI=1S/C17H18BrFO/c1-12-6-7-16(19)10-15(12)9-13(11-20)8-14-4-2-3-5-17(14)18/h2-7,10,13,20H,8-9,11H2,1H3. The third-order valence-corrected chi connectivity index (χ3v) is 4.32. The highest BCUT2D eigenvalue weighted by atomic mass is 79.9. The average Bonchev–Trinajstić information content (AvgIpc) is 2.44. The zero-order valence-electron chi connectivity index (χ0n) is 11.4. The van der Waals surface area contributed by atoms with Gasteiger partial charge in [-0.1, -0.05) is 40.2 Å². The SMILES string of the molecule is Cc1ccc(F)cc1CC(CO)Cc1ccccc1Br. The zero-order valence-corrected chi connectivity index (χ0v) is 13.0. The normalized spacial score (nSPS) is 12.4. The number of halogens is 2. The Bertz CT molecular complexity index is 583. The van der Waals surface area contributed by atoms with Crippen molar-refractivity contribution in [2.75, 3.05) is 6.61 Å². The van der Waals surface area contributed by atoms with E-state index in [1.165, 1.54) is 11.6 Å². The summed E-state index contributed by atoms with van der Waals surface area (Å²) in [5, 5.41) is 9.59. The lowest BCUT2D eigenvalue weighted by atomic mass is 9.91. The van der Waals surface area contributed by atoms with Crippen molar-refractivity contribution < 1.29 is 9.50 Å². The Morgan fingerprint density at radius 2 is 1.80 bits per heavy atom. The van der Waals surface area contributed by atoms with Gasteiger partial charge in [0, 0.05) is 11.1 Å². The summed E-state index contributed by atoms with van der Waals surface area (Å²) in [6.07, 6.45) is 1.45. The summed E-state index contributed by atoms with van der Waals surface area (Å²) in [7, 11) is 0. The second-order valence-corrected chi connectivity index (χ2v) is 5.97. The maximum Gasteiger partial charge on any atom is 0.123 e. The van der Waals surface area contributed by atoms with Gasteiger partial charge < -0.3 is 5.11 Å². The minimum atomic E-state index is -0.219. The van der Waals surface area contributed by atoms with Crippen LogP contribution in [0.15, 0.2) is 46.9 Å². The van der Waals surface area contributed by atoms with E-state index in [1.807, 2.05) is 31.2 Å². The highest BCUT2D eigenvalue weighted by Crippen LogP contribution is 2.22. The van der Waals surface area contributed by atoms with E-state index >= 15 is 0 Å². The molecule has 1 unspecified atom stereocenters. The predicted octanol–water partition coefficient (Wildman–Crippen LogP) is 4.29. The van der Waals surface area contributed by atoms with Crippen LogP contribution < -0.4 is 0 Å². The maximum absolute atomic E-state index is 13.3. The first-order valence-corrected chi connectivity index (χ1v) is 7.48. The Balaban J connectivity index is 2.13. The Morgan fingerprint density at radius 1 is 1.10 bits per heavy atom. The predicted molar refractivity (Wildman–Crippen MR) is 83.3 cm³/mol. The molecule has 2 rings (SSSR count). The van der Waals surface area contributed by atoms with E-state index in [1.54, 1.807) is 12.1 Å². The second kappa shape index (κ2) is 7.00. The highest BCUT2D eigenvalue weighted by molar-refractivity contribution is 9.10. The molecule has 106 valence electrons.